The van der Waals surface area contributed by atoms with Crippen molar-refractivity contribution in [3.05, 3.63) is 24.1 Å². The topological polar surface area (TPSA) is 74.2 Å². The van der Waals surface area contributed by atoms with Gasteiger partial charge >= 0.3 is 12.1 Å². The Balaban J connectivity index is 2.38. The number of rotatable bonds is 2. The fourth-order valence-electron chi connectivity index (χ4n) is 1.33. The van der Waals surface area contributed by atoms with E-state index in [-0.39, 0.29) is 11.5 Å². The molecule has 1 aromatic carbocycles. The SMILES string of the molecule is COc1ccc(-c2noc(C(F)(F)F)n2)cc1N. The number of hydrogen-bond donors (Lipinski definition) is 1. The average molecular weight is 259 g/mol. The minimum atomic E-state index is -4.66. The molecule has 0 aliphatic heterocycles. The zero-order chi connectivity index (χ0) is 13.3. The molecule has 0 spiro atoms. The van der Waals surface area contributed by atoms with Gasteiger partial charge in [-0.1, -0.05) is 5.16 Å². The van der Waals surface area contributed by atoms with Gasteiger partial charge in [0.1, 0.15) is 5.75 Å². The third-order valence-corrected chi connectivity index (χ3v) is 2.16. The summed E-state index contributed by atoms with van der Waals surface area (Å²) in [6.07, 6.45) is -4.66. The monoisotopic (exact) mass is 259 g/mol. The first kappa shape index (κ1) is 12.2. The van der Waals surface area contributed by atoms with E-state index in [9.17, 15) is 13.2 Å². The lowest BCUT2D eigenvalue weighted by molar-refractivity contribution is -0.159. The number of hydrogen-bond acceptors (Lipinski definition) is 5. The number of anilines is 1. The van der Waals surface area contributed by atoms with E-state index in [0.717, 1.165) is 0 Å². The first-order valence-corrected chi connectivity index (χ1v) is 4.76. The Bertz CT molecular complexity index is 566. The number of methoxy groups -OCH3 is 1. The van der Waals surface area contributed by atoms with Crippen molar-refractivity contribution in [2.45, 2.75) is 6.18 Å². The number of alkyl halides is 3. The molecule has 5 nitrogen and oxygen atoms in total. The second-order valence-electron chi connectivity index (χ2n) is 3.38. The van der Waals surface area contributed by atoms with Crippen molar-refractivity contribution in [2.24, 2.45) is 0 Å². The van der Waals surface area contributed by atoms with E-state index < -0.39 is 12.1 Å². The number of ether oxygens (including phenoxy) is 1. The number of halogens is 3. The fraction of sp³-hybridized carbons (Fsp3) is 0.200. The molecule has 96 valence electrons. The van der Waals surface area contributed by atoms with E-state index >= 15 is 0 Å². The normalized spacial score (nSPS) is 11.6. The second kappa shape index (κ2) is 4.21. The van der Waals surface area contributed by atoms with E-state index in [1.165, 1.54) is 25.3 Å². The zero-order valence-corrected chi connectivity index (χ0v) is 9.15. The minimum absolute atomic E-state index is 0.184. The number of nitrogens with two attached hydrogens (primary N) is 1. The van der Waals surface area contributed by atoms with E-state index in [0.29, 0.717) is 11.3 Å². The largest absolute Gasteiger partial charge is 0.495 e. The highest BCUT2D eigenvalue weighted by Crippen LogP contribution is 2.31. The van der Waals surface area contributed by atoms with Gasteiger partial charge in [0.15, 0.2) is 0 Å². The summed E-state index contributed by atoms with van der Waals surface area (Å²) in [4.78, 5) is 3.25. The Hall–Kier alpha value is -2.25. The fourth-order valence-corrected chi connectivity index (χ4v) is 1.33. The summed E-state index contributed by atoms with van der Waals surface area (Å²) in [7, 11) is 1.43. The Morgan fingerprint density at radius 2 is 2.06 bits per heavy atom. The molecule has 2 rings (SSSR count). The maximum Gasteiger partial charge on any atom is 0.471 e. The van der Waals surface area contributed by atoms with Crippen LogP contribution in [0.5, 0.6) is 5.75 Å². The minimum Gasteiger partial charge on any atom is -0.495 e. The summed E-state index contributed by atoms with van der Waals surface area (Å²) in [5, 5.41) is 3.25. The average Bonchev–Trinajstić information content (AvgIpc) is 2.77. The quantitative estimate of drug-likeness (QED) is 0.838. The third-order valence-electron chi connectivity index (χ3n) is 2.16. The highest BCUT2D eigenvalue weighted by molar-refractivity contribution is 5.65. The van der Waals surface area contributed by atoms with Crippen LogP contribution >= 0.6 is 0 Å². The van der Waals surface area contributed by atoms with E-state index in [1.807, 2.05) is 0 Å². The number of nitrogens with zero attached hydrogens (tertiary/aromatic N) is 2. The van der Waals surface area contributed by atoms with Crippen LogP contribution in [-0.4, -0.2) is 17.3 Å². The van der Waals surface area contributed by atoms with Crippen LogP contribution in [-0.2, 0) is 6.18 Å². The van der Waals surface area contributed by atoms with Crippen molar-refractivity contribution < 1.29 is 22.4 Å². The number of nitrogen functional groups attached to an aromatic ring is 1. The lowest BCUT2D eigenvalue weighted by Gasteiger charge is -2.04. The van der Waals surface area contributed by atoms with Gasteiger partial charge in [-0.05, 0) is 18.2 Å². The second-order valence-corrected chi connectivity index (χ2v) is 3.38. The molecule has 1 aromatic heterocycles. The van der Waals surface area contributed by atoms with Crippen molar-refractivity contribution in [1.29, 1.82) is 0 Å². The van der Waals surface area contributed by atoms with E-state index in [1.54, 1.807) is 0 Å². The molecule has 0 radical (unpaired) electrons. The first-order valence-electron chi connectivity index (χ1n) is 4.76. The molecule has 8 heteroatoms. The molecule has 0 aliphatic carbocycles. The van der Waals surface area contributed by atoms with Crippen molar-refractivity contribution in [3.8, 4) is 17.1 Å². The van der Waals surface area contributed by atoms with Crippen LogP contribution in [0.3, 0.4) is 0 Å². The molecular weight excluding hydrogens is 251 g/mol. The van der Waals surface area contributed by atoms with E-state index in [2.05, 4.69) is 14.7 Å². The molecule has 2 N–H and O–H groups in total. The maximum atomic E-state index is 12.3. The molecule has 1 heterocycles. The number of aromatic nitrogens is 2. The van der Waals surface area contributed by atoms with Crippen LogP contribution in [0.15, 0.2) is 22.7 Å². The lowest BCUT2D eigenvalue weighted by atomic mass is 10.2. The van der Waals surface area contributed by atoms with Crippen molar-refractivity contribution in [2.75, 3.05) is 12.8 Å². The molecule has 18 heavy (non-hydrogen) atoms. The summed E-state index contributed by atoms with van der Waals surface area (Å²) < 4.78 is 45.9. The molecule has 0 atom stereocenters. The van der Waals surface area contributed by atoms with Crippen LogP contribution in [0.4, 0.5) is 18.9 Å². The summed E-state index contributed by atoms with van der Waals surface area (Å²) in [5.41, 5.74) is 6.21. The van der Waals surface area contributed by atoms with Crippen molar-refractivity contribution >= 4 is 5.69 Å². The summed E-state index contributed by atoms with van der Waals surface area (Å²) >= 11 is 0. The lowest BCUT2D eigenvalue weighted by Crippen LogP contribution is -2.04. The van der Waals surface area contributed by atoms with Crippen LogP contribution in [0.2, 0.25) is 0 Å². The van der Waals surface area contributed by atoms with Crippen molar-refractivity contribution in [3.63, 3.8) is 0 Å². The van der Waals surface area contributed by atoms with Crippen LogP contribution in [0.1, 0.15) is 5.89 Å². The maximum absolute atomic E-state index is 12.3. The van der Waals surface area contributed by atoms with Crippen molar-refractivity contribution in [1.82, 2.24) is 10.1 Å². The summed E-state index contributed by atoms with van der Waals surface area (Å²) in [5.74, 6) is -1.16. The molecule has 0 unspecified atom stereocenters. The van der Waals surface area contributed by atoms with E-state index in [4.69, 9.17) is 10.5 Å². The molecule has 0 bridgehead atoms. The molecule has 0 amide bonds. The van der Waals surface area contributed by atoms with Gasteiger partial charge in [0.25, 0.3) is 0 Å². The predicted octanol–water partition coefficient (Wildman–Crippen LogP) is 2.35. The predicted molar refractivity (Wildman–Crippen MR) is 55.7 cm³/mol. The van der Waals surface area contributed by atoms with Gasteiger partial charge in [-0.3, -0.25) is 0 Å². The summed E-state index contributed by atoms with van der Waals surface area (Å²) in [6, 6.07) is 4.40. The zero-order valence-electron chi connectivity index (χ0n) is 9.15. The van der Waals surface area contributed by atoms with Gasteiger partial charge in [0, 0.05) is 5.56 Å². The highest BCUT2D eigenvalue weighted by Gasteiger charge is 2.38. The smallest absolute Gasteiger partial charge is 0.471 e. The van der Waals surface area contributed by atoms with Crippen LogP contribution in [0.25, 0.3) is 11.4 Å². The standard InChI is InChI=1S/C10H8F3N3O2/c1-17-7-3-2-5(4-6(7)14)8-15-9(18-16-8)10(11,12)13/h2-4H,14H2,1H3. The van der Waals surface area contributed by atoms with Gasteiger partial charge < -0.3 is 15.0 Å². The molecular formula is C10H8F3N3O2. The highest BCUT2D eigenvalue weighted by atomic mass is 19.4. The van der Waals surface area contributed by atoms with Crippen LogP contribution in [0, 0.1) is 0 Å². The third kappa shape index (κ3) is 2.22. The number of benzene rings is 1. The summed E-state index contributed by atoms with van der Waals surface area (Å²) in [6.45, 7) is 0. The Morgan fingerprint density at radius 3 is 2.56 bits per heavy atom. The van der Waals surface area contributed by atoms with Gasteiger partial charge in [0.05, 0.1) is 12.8 Å². The van der Waals surface area contributed by atoms with Gasteiger partial charge in [-0.25, -0.2) is 0 Å². The Kier molecular flexibility index (Phi) is 2.85. The molecule has 0 aliphatic rings. The molecule has 2 aromatic rings. The van der Waals surface area contributed by atoms with Gasteiger partial charge in [0.2, 0.25) is 5.82 Å². The molecule has 0 fully saturated rings. The molecule has 0 saturated carbocycles. The Morgan fingerprint density at radius 1 is 1.33 bits per heavy atom. The Labute approximate surface area is 99.4 Å². The van der Waals surface area contributed by atoms with Crippen LogP contribution < -0.4 is 10.5 Å². The van der Waals surface area contributed by atoms with Gasteiger partial charge in [-0.15, -0.1) is 0 Å². The first-order chi connectivity index (χ1) is 8.41. The molecule has 0 saturated heterocycles. The van der Waals surface area contributed by atoms with Gasteiger partial charge in [-0.2, -0.15) is 18.2 Å².